The molecule has 1 aromatic rings. The molecule has 5 heteroatoms. The zero-order valence-corrected chi connectivity index (χ0v) is 15.2. The van der Waals surface area contributed by atoms with Crippen LogP contribution in [0, 0.1) is 12.8 Å². The fourth-order valence-corrected chi connectivity index (χ4v) is 4.15. The summed E-state index contributed by atoms with van der Waals surface area (Å²) in [6.07, 6.45) is 9.22. The Kier molecular flexibility index (Phi) is 4.93. The lowest BCUT2D eigenvalue weighted by Gasteiger charge is -2.40. The highest BCUT2D eigenvalue weighted by atomic mass is 16.5. The highest BCUT2D eigenvalue weighted by Gasteiger charge is 2.37. The number of hydrogen-bond acceptors (Lipinski definition) is 4. The molecule has 2 saturated heterocycles. The maximum Gasteiger partial charge on any atom is 0.225 e. The Morgan fingerprint density at radius 3 is 2.64 bits per heavy atom. The van der Waals surface area contributed by atoms with Gasteiger partial charge in [-0.05, 0) is 64.3 Å². The second-order valence-electron chi connectivity index (χ2n) is 7.87. The zero-order chi connectivity index (χ0) is 17.2. The van der Waals surface area contributed by atoms with E-state index in [1.807, 2.05) is 24.0 Å². The molecule has 25 heavy (non-hydrogen) atoms. The summed E-state index contributed by atoms with van der Waals surface area (Å²) in [6.45, 7) is 5.68. The van der Waals surface area contributed by atoms with Crippen LogP contribution in [0.3, 0.4) is 0 Å². The Bertz CT molecular complexity index is 593. The van der Waals surface area contributed by atoms with Crippen LogP contribution in [0.4, 0.5) is 0 Å². The molecule has 0 bridgehead atoms. The fourth-order valence-electron chi connectivity index (χ4n) is 4.15. The van der Waals surface area contributed by atoms with E-state index in [9.17, 15) is 4.79 Å². The van der Waals surface area contributed by atoms with Crippen molar-refractivity contribution in [1.82, 2.24) is 14.8 Å². The van der Waals surface area contributed by atoms with Crippen molar-refractivity contribution in [3.63, 3.8) is 0 Å². The summed E-state index contributed by atoms with van der Waals surface area (Å²) in [6, 6.07) is 4.71. The number of nitrogens with zero attached hydrogens (tertiary/aromatic N) is 3. The number of hydrogen-bond donors (Lipinski definition) is 0. The first-order chi connectivity index (χ1) is 12.2. The minimum absolute atomic E-state index is 0.116. The van der Waals surface area contributed by atoms with Crippen LogP contribution in [-0.2, 0) is 4.79 Å². The molecule has 0 radical (unpaired) electrons. The summed E-state index contributed by atoms with van der Waals surface area (Å²) < 4.78 is 5.90. The van der Waals surface area contributed by atoms with Crippen LogP contribution in [0.1, 0.15) is 44.2 Å². The van der Waals surface area contributed by atoms with Crippen LogP contribution < -0.4 is 4.74 Å². The molecule has 1 aliphatic carbocycles. The molecule has 1 aromatic heterocycles. The molecule has 1 amide bonds. The quantitative estimate of drug-likeness (QED) is 0.843. The maximum absolute atomic E-state index is 12.8. The Balaban J connectivity index is 1.23. The molecule has 1 atom stereocenters. The minimum atomic E-state index is 0.116. The Labute approximate surface area is 150 Å². The molecule has 4 rings (SSSR count). The molecule has 136 valence electrons. The predicted molar refractivity (Wildman–Crippen MR) is 96.5 cm³/mol. The van der Waals surface area contributed by atoms with E-state index in [1.54, 1.807) is 6.20 Å². The van der Waals surface area contributed by atoms with Crippen molar-refractivity contribution < 1.29 is 9.53 Å². The number of amides is 1. The predicted octanol–water partition coefficient (Wildman–Crippen LogP) is 2.63. The number of ether oxygens (including phenoxy) is 1. The minimum Gasteiger partial charge on any atom is -0.485 e. The second kappa shape index (κ2) is 7.32. The van der Waals surface area contributed by atoms with Gasteiger partial charge in [-0.3, -0.25) is 9.78 Å². The largest absolute Gasteiger partial charge is 0.485 e. The van der Waals surface area contributed by atoms with E-state index < -0.39 is 0 Å². The smallest absolute Gasteiger partial charge is 0.225 e. The van der Waals surface area contributed by atoms with Gasteiger partial charge in [-0.1, -0.05) is 6.42 Å². The first-order valence-corrected chi connectivity index (χ1v) is 9.81. The third-order valence-corrected chi connectivity index (χ3v) is 6.05. The molecule has 2 aliphatic heterocycles. The normalized spacial score (nSPS) is 25.8. The molecular formula is C20H29N3O2. The second-order valence-corrected chi connectivity index (χ2v) is 7.87. The van der Waals surface area contributed by atoms with Gasteiger partial charge in [0, 0.05) is 17.7 Å². The molecule has 0 spiro atoms. The third-order valence-electron chi connectivity index (χ3n) is 6.05. The van der Waals surface area contributed by atoms with Crippen molar-refractivity contribution >= 4 is 5.91 Å². The number of aromatic nitrogens is 1. The van der Waals surface area contributed by atoms with Crippen molar-refractivity contribution in [1.29, 1.82) is 0 Å². The van der Waals surface area contributed by atoms with E-state index in [4.69, 9.17) is 4.74 Å². The molecule has 3 heterocycles. The summed E-state index contributed by atoms with van der Waals surface area (Å²) in [5.74, 6) is 1.36. The highest BCUT2D eigenvalue weighted by molar-refractivity contribution is 5.79. The van der Waals surface area contributed by atoms with Crippen molar-refractivity contribution in [2.45, 2.75) is 57.6 Å². The first kappa shape index (κ1) is 16.8. The lowest BCUT2D eigenvalue weighted by atomic mass is 9.91. The molecule has 5 nitrogen and oxygen atoms in total. The Morgan fingerprint density at radius 1 is 1.12 bits per heavy atom. The molecule has 1 unspecified atom stereocenters. The summed E-state index contributed by atoms with van der Waals surface area (Å²) >= 11 is 0. The summed E-state index contributed by atoms with van der Waals surface area (Å²) in [7, 11) is 0. The molecule has 1 saturated carbocycles. The average molecular weight is 343 g/mol. The number of rotatable bonds is 4. The molecule has 3 fully saturated rings. The summed E-state index contributed by atoms with van der Waals surface area (Å²) in [5.41, 5.74) is 0.988. The monoisotopic (exact) mass is 343 g/mol. The number of carbonyl (C=O) groups excluding carboxylic acids is 1. The van der Waals surface area contributed by atoms with Crippen molar-refractivity contribution in [2.24, 2.45) is 5.92 Å². The Morgan fingerprint density at radius 2 is 1.96 bits per heavy atom. The molecular weight excluding hydrogens is 314 g/mol. The van der Waals surface area contributed by atoms with E-state index in [0.717, 1.165) is 56.4 Å². The van der Waals surface area contributed by atoms with E-state index in [0.29, 0.717) is 5.91 Å². The highest BCUT2D eigenvalue weighted by Crippen LogP contribution is 2.30. The fraction of sp³-hybridized carbons (Fsp3) is 0.700. The van der Waals surface area contributed by atoms with Gasteiger partial charge in [-0.25, -0.2) is 0 Å². The van der Waals surface area contributed by atoms with Gasteiger partial charge < -0.3 is 14.5 Å². The Hall–Kier alpha value is -1.62. The van der Waals surface area contributed by atoms with Crippen LogP contribution in [0.25, 0.3) is 0 Å². The standard InChI is InChI=1S/C20H29N3O2/c1-15-7-8-18(12-21-15)25-19-13-23(14-19)20(24)16-4-3-10-22(11-9-16)17-5-2-6-17/h7-8,12,16-17,19H,2-6,9-11,13-14H2,1H3. The molecule has 3 aliphatic rings. The van der Waals surface area contributed by atoms with Crippen LogP contribution >= 0.6 is 0 Å². The van der Waals surface area contributed by atoms with Crippen molar-refractivity contribution in [2.75, 3.05) is 26.2 Å². The maximum atomic E-state index is 12.8. The summed E-state index contributed by atoms with van der Waals surface area (Å²) in [4.78, 5) is 21.6. The third kappa shape index (κ3) is 3.81. The number of likely N-dealkylation sites (tertiary alicyclic amines) is 2. The topological polar surface area (TPSA) is 45.7 Å². The van der Waals surface area contributed by atoms with E-state index >= 15 is 0 Å². The van der Waals surface area contributed by atoms with E-state index in [1.165, 1.54) is 25.8 Å². The van der Waals surface area contributed by atoms with Gasteiger partial charge in [0.05, 0.1) is 19.3 Å². The zero-order valence-electron chi connectivity index (χ0n) is 15.2. The van der Waals surface area contributed by atoms with Crippen LogP contribution in [0.15, 0.2) is 18.3 Å². The number of pyridine rings is 1. The van der Waals surface area contributed by atoms with Gasteiger partial charge in [0.2, 0.25) is 5.91 Å². The van der Waals surface area contributed by atoms with Gasteiger partial charge in [0.15, 0.2) is 0 Å². The number of carbonyl (C=O) groups is 1. The van der Waals surface area contributed by atoms with Gasteiger partial charge >= 0.3 is 0 Å². The molecule has 0 aromatic carbocycles. The SMILES string of the molecule is Cc1ccc(OC2CN(C(=O)C3CCCN(C4CCC4)CC3)C2)cn1. The van der Waals surface area contributed by atoms with Gasteiger partial charge in [0.1, 0.15) is 11.9 Å². The van der Waals surface area contributed by atoms with Gasteiger partial charge in [-0.15, -0.1) is 0 Å². The lowest BCUT2D eigenvalue weighted by molar-refractivity contribution is -0.144. The van der Waals surface area contributed by atoms with Crippen LogP contribution in [0.2, 0.25) is 0 Å². The van der Waals surface area contributed by atoms with E-state index in [2.05, 4.69) is 9.88 Å². The van der Waals surface area contributed by atoms with Crippen molar-refractivity contribution in [3.05, 3.63) is 24.0 Å². The summed E-state index contributed by atoms with van der Waals surface area (Å²) in [5, 5.41) is 0. The average Bonchev–Trinajstić information content (AvgIpc) is 2.76. The van der Waals surface area contributed by atoms with Gasteiger partial charge in [-0.2, -0.15) is 0 Å². The van der Waals surface area contributed by atoms with E-state index in [-0.39, 0.29) is 12.0 Å². The lowest BCUT2D eigenvalue weighted by Crippen LogP contribution is -2.57. The van der Waals surface area contributed by atoms with Crippen molar-refractivity contribution in [3.8, 4) is 5.75 Å². The van der Waals surface area contributed by atoms with Crippen LogP contribution in [0.5, 0.6) is 5.75 Å². The molecule has 0 N–H and O–H groups in total. The van der Waals surface area contributed by atoms with Crippen LogP contribution in [-0.4, -0.2) is 59.0 Å². The van der Waals surface area contributed by atoms with Gasteiger partial charge in [0.25, 0.3) is 0 Å². The first-order valence-electron chi connectivity index (χ1n) is 9.81. The number of aryl methyl sites for hydroxylation is 1.